The Morgan fingerprint density at radius 3 is 2.74 bits per heavy atom. The summed E-state index contributed by atoms with van der Waals surface area (Å²) in [5.74, 6) is 0.464. The van der Waals surface area contributed by atoms with Crippen LogP contribution >= 0.6 is 0 Å². The summed E-state index contributed by atoms with van der Waals surface area (Å²) >= 11 is 0. The third-order valence-electron chi connectivity index (χ3n) is 6.14. The van der Waals surface area contributed by atoms with Crippen LogP contribution in [0.25, 0.3) is 16.9 Å². The van der Waals surface area contributed by atoms with Crippen LogP contribution in [0.2, 0.25) is 0 Å². The molecule has 1 saturated heterocycles. The van der Waals surface area contributed by atoms with E-state index < -0.39 is 0 Å². The van der Waals surface area contributed by atoms with Gasteiger partial charge in [0.05, 0.1) is 11.9 Å². The first-order valence-electron chi connectivity index (χ1n) is 11.6. The standard InChI is InChI=1S/C26H27N7O/c1-4-6-20-7-5-14-32(20)21-10-8-19(9-11-21)24-17-28-25-12-13-26(30-33(24)25)34-18(2)23-15-22(16-27)31(3)29-23/h6,8-13,15,17-18H,4-5,7,14H2,1-3H3/b20-6+. The molecule has 4 aromatic rings. The Bertz CT molecular complexity index is 1390. The number of hydrogen-bond acceptors (Lipinski definition) is 6. The van der Waals surface area contributed by atoms with Gasteiger partial charge in [0, 0.05) is 42.7 Å². The second kappa shape index (κ2) is 9.02. The fourth-order valence-corrected chi connectivity index (χ4v) is 4.40. The lowest BCUT2D eigenvalue weighted by Crippen LogP contribution is -2.15. The molecule has 172 valence electrons. The number of fused-ring (bicyclic) bond motifs is 1. The molecule has 0 spiro atoms. The largest absolute Gasteiger partial charge is 0.467 e. The summed E-state index contributed by atoms with van der Waals surface area (Å²) < 4.78 is 9.39. The van der Waals surface area contributed by atoms with Gasteiger partial charge < -0.3 is 9.64 Å². The molecule has 5 rings (SSSR count). The van der Waals surface area contributed by atoms with Crippen LogP contribution in [0.3, 0.4) is 0 Å². The van der Waals surface area contributed by atoms with Crippen molar-refractivity contribution < 1.29 is 4.74 Å². The molecule has 0 radical (unpaired) electrons. The van der Waals surface area contributed by atoms with Gasteiger partial charge in [-0.3, -0.25) is 4.68 Å². The highest BCUT2D eigenvalue weighted by atomic mass is 16.5. The molecule has 0 saturated carbocycles. The van der Waals surface area contributed by atoms with Gasteiger partial charge in [-0.15, -0.1) is 5.10 Å². The fraction of sp³-hybridized carbons (Fsp3) is 0.308. The van der Waals surface area contributed by atoms with E-state index in [1.54, 1.807) is 28.4 Å². The highest BCUT2D eigenvalue weighted by Gasteiger charge is 2.19. The average molecular weight is 454 g/mol. The van der Waals surface area contributed by atoms with Crippen LogP contribution < -0.4 is 9.64 Å². The number of imidazole rings is 1. The number of nitrogens with zero attached hydrogens (tertiary/aromatic N) is 7. The van der Waals surface area contributed by atoms with Gasteiger partial charge in [-0.2, -0.15) is 10.4 Å². The van der Waals surface area contributed by atoms with Gasteiger partial charge in [0.25, 0.3) is 0 Å². The van der Waals surface area contributed by atoms with Crippen molar-refractivity contribution in [3.8, 4) is 23.2 Å². The fourth-order valence-electron chi connectivity index (χ4n) is 4.40. The first-order chi connectivity index (χ1) is 16.6. The van der Waals surface area contributed by atoms with Gasteiger partial charge in [-0.25, -0.2) is 9.50 Å². The smallest absolute Gasteiger partial charge is 0.232 e. The number of allylic oxidation sites excluding steroid dienone is 2. The van der Waals surface area contributed by atoms with Crippen molar-refractivity contribution in [3.63, 3.8) is 0 Å². The van der Waals surface area contributed by atoms with Gasteiger partial charge in [-0.05, 0) is 44.4 Å². The molecular weight excluding hydrogens is 426 g/mol. The van der Waals surface area contributed by atoms with E-state index in [0.717, 1.165) is 36.3 Å². The average Bonchev–Trinajstić information content (AvgIpc) is 3.57. The lowest BCUT2D eigenvalue weighted by molar-refractivity contribution is 0.208. The predicted molar refractivity (Wildman–Crippen MR) is 130 cm³/mol. The maximum atomic E-state index is 9.17. The summed E-state index contributed by atoms with van der Waals surface area (Å²) in [7, 11) is 1.74. The molecule has 1 fully saturated rings. The highest BCUT2D eigenvalue weighted by molar-refractivity contribution is 5.67. The number of ether oxygens (including phenoxy) is 1. The molecule has 0 aliphatic carbocycles. The highest BCUT2D eigenvalue weighted by Crippen LogP contribution is 2.31. The zero-order valence-electron chi connectivity index (χ0n) is 19.6. The number of anilines is 1. The van der Waals surface area contributed by atoms with E-state index in [0.29, 0.717) is 17.3 Å². The molecule has 4 heterocycles. The van der Waals surface area contributed by atoms with Crippen molar-refractivity contribution in [1.29, 1.82) is 5.26 Å². The molecule has 0 N–H and O–H groups in total. The third-order valence-corrected chi connectivity index (χ3v) is 6.14. The molecule has 8 heteroatoms. The molecule has 1 aliphatic rings. The summed E-state index contributed by atoms with van der Waals surface area (Å²) in [6, 6.07) is 16.1. The number of aryl methyl sites for hydroxylation is 1. The van der Waals surface area contributed by atoms with Crippen molar-refractivity contribution in [2.75, 3.05) is 11.4 Å². The lowest BCUT2D eigenvalue weighted by Gasteiger charge is -2.20. The van der Waals surface area contributed by atoms with Gasteiger partial charge in [0.15, 0.2) is 5.65 Å². The Hall–Kier alpha value is -4.12. The first-order valence-corrected chi connectivity index (χ1v) is 11.6. The number of nitriles is 1. The molecule has 0 amide bonds. The van der Waals surface area contributed by atoms with Crippen molar-refractivity contribution in [3.05, 3.63) is 71.8 Å². The predicted octanol–water partition coefficient (Wildman–Crippen LogP) is 5.04. The van der Waals surface area contributed by atoms with Gasteiger partial charge in [0.1, 0.15) is 23.6 Å². The summed E-state index contributed by atoms with van der Waals surface area (Å²) in [5, 5.41) is 18.2. The van der Waals surface area contributed by atoms with Crippen LogP contribution in [-0.2, 0) is 7.05 Å². The maximum Gasteiger partial charge on any atom is 0.232 e. The second-order valence-electron chi connectivity index (χ2n) is 8.44. The van der Waals surface area contributed by atoms with E-state index in [2.05, 4.69) is 63.4 Å². The van der Waals surface area contributed by atoms with E-state index in [1.165, 1.54) is 17.8 Å². The molecule has 1 unspecified atom stereocenters. The number of aromatic nitrogens is 5. The zero-order chi connectivity index (χ0) is 23.7. The SMILES string of the molecule is CC/C=C1\CCCN1c1ccc(-c2cnc3ccc(OC(C)c4cc(C#N)n(C)n4)nn23)cc1. The summed E-state index contributed by atoms with van der Waals surface area (Å²) in [5.41, 5.74) is 6.48. The maximum absolute atomic E-state index is 9.17. The van der Waals surface area contributed by atoms with Crippen LogP contribution in [0.15, 0.2) is 60.4 Å². The Morgan fingerprint density at radius 2 is 2.00 bits per heavy atom. The van der Waals surface area contributed by atoms with Gasteiger partial charge in [0.2, 0.25) is 5.88 Å². The van der Waals surface area contributed by atoms with Crippen LogP contribution in [0.5, 0.6) is 5.88 Å². The van der Waals surface area contributed by atoms with Gasteiger partial charge in [-0.1, -0.05) is 25.1 Å². The molecule has 8 nitrogen and oxygen atoms in total. The normalized spacial score (nSPS) is 15.7. The minimum Gasteiger partial charge on any atom is -0.467 e. The summed E-state index contributed by atoms with van der Waals surface area (Å²) in [6.07, 6.45) is 7.20. The molecule has 34 heavy (non-hydrogen) atoms. The van der Waals surface area contributed by atoms with Crippen molar-refractivity contribution in [2.24, 2.45) is 7.05 Å². The Balaban J connectivity index is 1.40. The molecule has 1 aromatic carbocycles. The van der Waals surface area contributed by atoms with Crippen LogP contribution in [-0.4, -0.2) is 30.9 Å². The molecule has 1 atom stereocenters. The topological polar surface area (TPSA) is 84.3 Å². The van der Waals surface area contributed by atoms with Crippen molar-refractivity contribution in [2.45, 2.75) is 39.2 Å². The van der Waals surface area contributed by atoms with Crippen LogP contribution in [0, 0.1) is 11.3 Å². The summed E-state index contributed by atoms with van der Waals surface area (Å²) in [6.45, 7) is 5.14. The second-order valence-corrected chi connectivity index (χ2v) is 8.44. The molecule has 3 aromatic heterocycles. The molecule has 1 aliphatic heterocycles. The first kappa shape index (κ1) is 21.7. The molecular formula is C26H27N7O. The lowest BCUT2D eigenvalue weighted by atomic mass is 10.1. The molecule has 0 bridgehead atoms. The zero-order valence-corrected chi connectivity index (χ0v) is 19.6. The summed E-state index contributed by atoms with van der Waals surface area (Å²) in [4.78, 5) is 6.91. The van der Waals surface area contributed by atoms with E-state index in [9.17, 15) is 5.26 Å². The quantitative estimate of drug-likeness (QED) is 0.407. The van der Waals surface area contributed by atoms with Gasteiger partial charge >= 0.3 is 0 Å². The van der Waals surface area contributed by atoms with Crippen molar-refractivity contribution >= 4 is 11.3 Å². The van der Waals surface area contributed by atoms with Crippen LogP contribution in [0.1, 0.15) is 50.6 Å². The Morgan fingerprint density at radius 1 is 1.18 bits per heavy atom. The van der Waals surface area contributed by atoms with E-state index in [1.807, 2.05) is 19.2 Å². The Labute approximate surface area is 198 Å². The van der Waals surface area contributed by atoms with Crippen LogP contribution in [0.4, 0.5) is 5.69 Å². The van der Waals surface area contributed by atoms with E-state index in [-0.39, 0.29) is 6.10 Å². The number of rotatable bonds is 6. The number of benzene rings is 1. The minimum atomic E-state index is -0.352. The van der Waals surface area contributed by atoms with E-state index in [4.69, 9.17) is 4.74 Å². The minimum absolute atomic E-state index is 0.352. The van der Waals surface area contributed by atoms with Crippen molar-refractivity contribution in [1.82, 2.24) is 24.4 Å². The third kappa shape index (κ3) is 4.01. The Kier molecular flexibility index (Phi) is 5.76. The monoisotopic (exact) mass is 453 g/mol. The number of hydrogen-bond donors (Lipinski definition) is 0. The van der Waals surface area contributed by atoms with E-state index >= 15 is 0 Å².